The molecule has 0 saturated carbocycles. The third-order valence-electron chi connectivity index (χ3n) is 5.32. The highest BCUT2D eigenvalue weighted by molar-refractivity contribution is 7.89. The number of primary sulfonamides is 1. The molecule has 0 bridgehead atoms. The van der Waals surface area contributed by atoms with Gasteiger partial charge in [0.15, 0.2) is 0 Å². The van der Waals surface area contributed by atoms with Gasteiger partial charge in [-0.3, -0.25) is 4.40 Å². The Kier molecular flexibility index (Phi) is 4.60. The van der Waals surface area contributed by atoms with Gasteiger partial charge in [-0.2, -0.15) is 0 Å². The van der Waals surface area contributed by atoms with E-state index in [1.54, 1.807) is 41.3 Å². The number of fused-ring (bicyclic) bond motifs is 2. The van der Waals surface area contributed by atoms with Gasteiger partial charge in [0.05, 0.1) is 23.2 Å². The maximum atomic E-state index is 14.4. The molecule has 10 heteroatoms. The fourth-order valence-electron chi connectivity index (χ4n) is 3.77. The third kappa shape index (κ3) is 3.49. The van der Waals surface area contributed by atoms with E-state index in [4.69, 9.17) is 9.88 Å². The zero-order valence-corrected chi connectivity index (χ0v) is 17.1. The van der Waals surface area contributed by atoms with Crippen LogP contribution in [0.25, 0.3) is 16.6 Å². The molecule has 4 aromatic rings. The number of nitrogens with one attached hydrogen (secondary N) is 1. The van der Waals surface area contributed by atoms with Crippen molar-refractivity contribution in [1.29, 1.82) is 0 Å². The number of sulfonamides is 1. The number of nitrogens with zero attached hydrogens (tertiary/aromatic N) is 3. The lowest BCUT2D eigenvalue weighted by atomic mass is 10.0. The quantitative estimate of drug-likeness (QED) is 0.495. The molecule has 3 heterocycles. The molecule has 2 aromatic carbocycles. The molecule has 0 fully saturated rings. The second-order valence-corrected chi connectivity index (χ2v) is 8.73. The van der Waals surface area contributed by atoms with E-state index < -0.39 is 10.0 Å². The van der Waals surface area contributed by atoms with Crippen molar-refractivity contribution >= 4 is 21.5 Å². The van der Waals surface area contributed by atoms with Gasteiger partial charge in [-0.25, -0.2) is 27.9 Å². The maximum absolute atomic E-state index is 14.4. The molecular weight excluding hydrogens is 421 g/mol. The lowest BCUT2D eigenvalue weighted by molar-refractivity contribution is 0.356. The van der Waals surface area contributed by atoms with Crippen LogP contribution in [0.1, 0.15) is 11.1 Å². The van der Waals surface area contributed by atoms with Gasteiger partial charge < -0.3 is 10.1 Å². The number of halogens is 1. The topological polar surface area (TPSA) is 112 Å². The van der Waals surface area contributed by atoms with Crippen LogP contribution in [0.2, 0.25) is 0 Å². The Morgan fingerprint density at radius 3 is 2.74 bits per heavy atom. The van der Waals surface area contributed by atoms with Crippen LogP contribution in [-0.2, 0) is 23.0 Å². The highest BCUT2D eigenvalue weighted by atomic mass is 32.2. The number of nitrogens with two attached hydrogens (primary N) is 1. The van der Waals surface area contributed by atoms with Crippen molar-refractivity contribution < 1.29 is 17.5 Å². The highest BCUT2D eigenvalue weighted by Crippen LogP contribution is 2.31. The van der Waals surface area contributed by atoms with Crippen molar-refractivity contribution in [3.8, 4) is 16.9 Å². The number of anilines is 1. The molecule has 3 N–H and O–H groups in total. The lowest BCUT2D eigenvalue weighted by Crippen LogP contribution is -2.11. The summed E-state index contributed by atoms with van der Waals surface area (Å²) in [5.41, 5.74) is 3.74. The Bertz CT molecular complexity index is 1400. The summed E-state index contributed by atoms with van der Waals surface area (Å²) in [6.07, 6.45) is 5.64. The van der Waals surface area contributed by atoms with Crippen LogP contribution in [0.15, 0.2) is 60.0 Å². The molecule has 31 heavy (non-hydrogen) atoms. The van der Waals surface area contributed by atoms with Gasteiger partial charge in [0.1, 0.15) is 17.9 Å². The summed E-state index contributed by atoms with van der Waals surface area (Å²) in [7, 11) is -3.76. The summed E-state index contributed by atoms with van der Waals surface area (Å²) < 4.78 is 44.7. The predicted molar refractivity (Wildman–Crippen MR) is 113 cm³/mol. The first kappa shape index (κ1) is 19.5. The predicted octanol–water partition coefficient (Wildman–Crippen LogP) is 2.73. The first-order chi connectivity index (χ1) is 14.9. The number of hydrogen-bond donors (Lipinski definition) is 2. The smallest absolute Gasteiger partial charge is 0.238 e. The summed E-state index contributed by atoms with van der Waals surface area (Å²) in [5, 5.41) is 8.36. The van der Waals surface area contributed by atoms with E-state index in [-0.39, 0.29) is 17.3 Å². The molecule has 158 valence electrons. The van der Waals surface area contributed by atoms with Gasteiger partial charge in [0, 0.05) is 35.9 Å². The second kappa shape index (κ2) is 7.33. The van der Waals surface area contributed by atoms with Crippen LogP contribution in [0, 0.1) is 5.82 Å². The van der Waals surface area contributed by atoms with Crippen LogP contribution in [-0.4, -0.2) is 29.4 Å². The zero-order chi connectivity index (χ0) is 21.6. The molecule has 0 atom stereocenters. The number of imidazole rings is 1. The average Bonchev–Trinajstić information content (AvgIpc) is 3.42. The Labute approximate surface area is 177 Å². The Morgan fingerprint density at radius 1 is 1.16 bits per heavy atom. The van der Waals surface area contributed by atoms with E-state index >= 15 is 0 Å². The first-order valence-electron chi connectivity index (χ1n) is 9.53. The summed E-state index contributed by atoms with van der Waals surface area (Å²) in [6, 6.07) is 9.30. The van der Waals surface area contributed by atoms with Crippen LogP contribution < -0.4 is 15.2 Å². The van der Waals surface area contributed by atoms with Crippen molar-refractivity contribution in [2.75, 3.05) is 11.9 Å². The van der Waals surface area contributed by atoms with Gasteiger partial charge in [-0.15, -0.1) is 0 Å². The van der Waals surface area contributed by atoms with Crippen molar-refractivity contribution in [2.24, 2.45) is 5.14 Å². The molecule has 0 saturated heterocycles. The van der Waals surface area contributed by atoms with Gasteiger partial charge >= 0.3 is 0 Å². The summed E-state index contributed by atoms with van der Waals surface area (Å²) in [4.78, 5) is 8.72. The fraction of sp³-hybridized carbons (Fsp3) is 0.143. The Hall–Kier alpha value is -3.50. The molecule has 0 amide bonds. The van der Waals surface area contributed by atoms with Gasteiger partial charge in [-0.1, -0.05) is 12.1 Å². The molecule has 0 aliphatic carbocycles. The van der Waals surface area contributed by atoms with Crippen LogP contribution in [0.3, 0.4) is 0 Å². The number of hydrogen-bond acceptors (Lipinski definition) is 6. The van der Waals surface area contributed by atoms with Crippen molar-refractivity contribution in [3.05, 3.63) is 72.1 Å². The van der Waals surface area contributed by atoms with Gasteiger partial charge in [0.25, 0.3) is 0 Å². The third-order valence-corrected chi connectivity index (χ3v) is 6.25. The van der Waals surface area contributed by atoms with Gasteiger partial charge in [0.2, 0.25) is 16.0 Å². The molecule has 1 aliphatic rings. The van der Waals surface area contributed by atoms with E-state index in [9.17, 15) is 12.8 Å². The first-order valence-corrected chi connectivity index (χ1v) is 11.1. The van der Waals surface area contributed by atoms with Crippen LogP contribution in [0.4, 0.5) is 10.3 Å². The monoisotopic (exact) mass is 439 g/mol. The maximum Gasteiger partial charge on any atom is 0.238 e. The summed E-state index contributed by atoms with van der Waals surface area (Å²) >= 11 is 0. The van der Waals surface area contributed by atoms with Crippen molar-refractivity contribution in [3.63, 3.8) is 0 Å². The van der Waals surface area contributed by atoms with E-state index in [0.29, 0.717) is 24.5 Å². The molecular formula is C21H18FN5O3S. The largest absolute Gasteiger partial charge is 0.493 e. The SMILES string of the molecule is NS(=O)(=O)c1ccc(-c2cnc(NCc3c(F)ccc4c3CCO4)n3cncc23)cc1. The van der Waals surface area contributed by atoms with Crippen LogP contribution >= 0.6 is 0 Å². The van der Waals surface area contributed by atoms with E-state index in [2.05, 4.69) is 15.3 Å². The minimum atomic E-state index is -3.76. The minimum Gasteiger partial charge on any atom is -0.493 e. The zero-order valence-electron chi connectivity index (χ0n) is 16.2. The highest BCUT2D eigenvalue weighted by Gasteiger charge is 2.20. The molecule has 0 radical (unpaired) electrons. The van der Waals surface area contributed by atoms with Gasteiger partial charge in [-0.05, 0) is 29.8 Å². The molecule has 0 spiro atoms. The normalized spacial score (nSPS) is 13.2. The number of aromatic nitrogens is 3. The molecule has 2 aromatic heterocycles. The van der Waals surface area contributed by atoms with Crippen molar-refractivity contribution in [1.82, 2.24) is 14.4 Å². The lowest BCUT2D eigenvalue weighted by Gasteiger charge is -2.13. The minimum absolute atomic E-state index is 0.0356. The second-order valence-electron chi connectivity index (χ2n) is 7.17. The summed E-state index contributed by atoms with van der Waals surface area (Å²) in [5.74, 6) is 0.941. The van der Waals surface area contributed by atoms with Crippen LogP contribution in [0.5, 0.6) is 5.75 Å². The van der Waals surface area contributed by atoms with E-state index in [0.717, 1.165) is 28.0 Å². The Balaban J connectivity index is 1.47. The molecule has 1 aliphatic heterocycles. The fourth-order valence-corrected chi connectivity index (χ4v) is 4.28. The number of benzene rings is 2. The summed E-state index contributed by atoms with van der Waals surface area (Å²) in [6.45, 7) is 0.801. The molecule has 8 nitrogen and oxygen atoms in total. The molecule has 0 unspecified atom stereocenters. The van der Waals surface area contributed by atoms with E-state index in [1.165, 1.54) is 18.2 Å². The molecule has 5 rings (SSSR count). The van der Waals surface area contributed by atoms with Crippen molar-refractivity contribution in [2.45, 2.75) is 17.9 Å². The Morgan fingerprint density at radius 2 is 1.97 bits per heavy atom. The van der Waals surface area contributed by atoms with E-state index in [1.807, 2.05) is 0 Å². The standard InChI is InChI=1S/C21H18FN5O3S/c22-18-5-6-20-15(7-8-30-20)17(18)10-26-21-25-9-16(19-11-24-12-27(19)21)13-1-3-14(4-2-13)31(23,28)29/h1-6,9,11-12H,7-8,10H2,(H,25,26)(H2,23,28,29). The number of rotatable bonds is 5. The number of ether oxygens (including phenoxy) is 1. The average molecular weight is 439 g/mol.